The molecule has 1 aliphatic rings. The van der Waals surface area contributed by atoms with Gasteiger partial charge in [0.15, 0.2) is 11.5 Å². The molecule has 0 aliphatic carbocycles. The topological polar surface area (TPSA) is 61.4 Å². The third-order valence-corrected chi connectivity index (χ3v) is 4.48. The first-order valence-corrected chi connectivity index (χ1v) is 8.42. The van der Waals surface area contributed by atoms with Crippen molar-refractivity contribution in [2.24, 2.45) is 0 Å². The summed E-state index contributed by atoms with van der Waals surface area (Å²) in [7, 11) is 0. The average Bonchev–Trinajstić information content (AvgIpc) is 2.64. The van der Waals surface area contributed by atoms with Gasteiger partial charge < -0.3 is 15.1 Å². The smallest absolute Gasteiger partial charge is 0.276 e. The van der Waals surface area contributed by atoms with Crippen molar-refractivity contribution >= 4 is 29.0 Å². The number of amides is 1. The standard InChI is InChI=1S/C17H20ClN5O/c1-2-22-9-11-23(12-10-22)16-8-7-15(20-21-16)17(24)19-14-6-4-3-5-13(14)18/h3-8H,2,9-12H2,1H3,(H,19,24). The molecule has 1 aliphatic heterocycles. The minimum atomic E-state index is -0.321. The molecule has 126 valence electrons. The molecule has 1 aromatic heterocycles. The summed E-state index contributed by atoms with van der Waals surface area (Å²) < 4.78 is 0. The summed E-state index contributed by atoms with van der Waals surface area (Å²) in [5.74, 6) is 0.484. The Morgan fingerprint density at radius 2 is 1.88 bits per heavy atom. The predicted octanol–water partition coefficient (Wildman–Crippen LogP) is 2.52. The minimum absolute atomic E-state index is 0.269. The summed E-state index contributed by atoms with van der Waals surface area (Å²) in [5, 5.41) is 11.5. The largest absolute Gasteiger partial charge is 0.353 e. The molecule has 0 unspecified atom stereocenters. The van der Waals surface area contributed by atoms with Crippen LogP contribution in [0.25, 0.3) is 0 Å². The van der Waals surface area contributed by atoms with E-state index in [1.54, 1.807) is 18.2 Å². The third kappa shape index (κ3) is 3.83. The lowest BCUT2D eigenvalue weighted by Crippen LogP contribution is -2.46. The molecule has 1 fully saturated rings. The Morgan fingerprint density at radius 3 is 2.50 bits per heavy atom. The second kappa shape index (κ2) is 7.59. The van der Waals surface area contributed by atoms with Crippen LogP contribution in [0.15, 0.2) is 36.4 Å². The average molecular weight is 346 g/mol. The van der Waals surface area contributed by atoms with E-state index in [0.29, 0.717) is 10.7 Å². The number of carbonyl (C=O) groups excluding carboxylic acids is 1. The van der Waals surface area contributed by atoms with Gasteiger partial charge in [0.2, 0.25) is 0 Å². The fraction of sp³-hybridized carbons (Fsp3) is 0.353. The quantitative estimate of drug-likeness (QED) is 0.922. The van der Waals surface area contributed by atoms with Crippen LogP contribution in [0.1, 0.15) is 17.4 Å². The van der Waals surface area contributed by atoms with Gasteiger partial charge in [0.1, 0.15) is 0 Å². The predicted molar refractivity (Wildman–Crippen MR) is 95.8 cm³/mol. The SMILES string of the molecule is CCN1CCN(c2ccc(C(=O)Nc3ccccc3Cl)nn2)CC1. The van der Waals surface area contributed by atoms with E-state index >= 15 is 0 Å². The maximum atomic E-state index is 12.2. The van der Waals surface area contributed by atoms with Crippen LogP contribution in [-0.2, 0) is 0 Å². The Bertz CT molecular complexity index is 698. The molecule has 1 saturated heterocycles. The molecule has 6 nitrogen and oxygen atoms in total. The van der Waals surface area contributed by atoms with Crippen LogP contribution >= 0.6 is 11.6 Å². The highest BCUT2D eigenvalue weighted by molar-refractivity contribution is 6.33. The molecule has 0 saturated carbocycles. The van der Waals surface area contributed by atoms with Crippen molar-refractivity contribution < 1.29 is 4.79 Å². The first kappa shape index (κ1) is 16.7. The molecule has 2 aromatic rings. The van der Waals surface area contributed by atoms with E-state index < -0.39 is 0 Å². The summed E-state index contributed by atoms with van der Waals surface area (Å²) in [6.45, 7) is 7.13. The molecule has 3 rings (SSSR count). The Hall–Kier alpha value is -2.18. The molecule has 1 N–H and O–H groups in total. The summed E-state index contributed by atoms with van der Waals surface area (Å²) in [6.07, 6.45) is 0. The number of halogens is 1. The number of likely N-dealkylation sites (N-methyl/N-ethyl adjacent to an activating group) is 1. The van der Waals surface area contributed by atoms with Gasteiger partial charge in [-0.3, -0.25) is 4.79 Å². The number of nitrogens with zero attached hydrogens (tertiary/aromatic N) is 4. The molecule has 7 heteroatoms. The molecule has 1 aromatic carbocycles. The van der Waals surface area contributed by atoms with Crippen molar-refractivity contribution in [2.75, 3.05) is 42.9 Å². The first-order valence-electron chi connectivity index (χ1n) is 8.04. The number of nitrogens with one attached hydrogen (secondary N) is 1. The number of piperazine rings is 1. The zero-order chi connectivity index (χ0) is 16.9. The van der Waals surface area contributed by atoms with Crippen LogP contribution in [0.4, 0.5) is 11.5 Å². The molecule has 24 heavy (non-hydrogen) atoms. The highest BCUT2D eigenvalue weighted by atomic mass is 35.5. The summed E-state index contributed by atoms with van der Waals surface area (Å²) in [6, 6.07) is 10.6. The lowest BCUT2D eigenvalue weighted by atomic mass is 10.3. The normalized spacial score (nSPS) is 15.3. The first-order chi connectivity index (χ1) is 11.7. The number of hydrogen-bond donors (Lipinski definition) is 1. The Labute approximate surface area is 146 Å². The molecule has 0 atom stereocenters. The molecular weight excluding hydrogens is 326 g/mol. The summed E-state index contributed by atoms with van der Waals surface area (Å²) in [5.41, 5.74) is 0.830. The maximum absolute atomic E-state index is 12.2. The van der Waals surface area contributed by atoms with Gasteiger partial charge >= 0.3 is 0 Å². The number of aromatic nitrogens is 2. The second-order valence-electron chi connectivity index (χ2n) is 5.63. The third-order valence-electron chi connectivity index (χ3n) is 4.15. The van der Waals surface area contributed by atoms with E-state index in [1.165, 1.54) is 0 Å². The number of hydrogen-bond acceptors (Lipinski definition) is 5. The number of para-hydroxylation sites is 1. The van der Waals surface area contributed by atoms with E-state index in [4.69, 9.17) is 11.6 Å². The molecular formula is C17H20ClN5O. The van der Waals surface area contributed by atoms with Crippen LogP contribution in [0.3, 0.4) is 0 Å². The lowest BCUT2D eigenvalue weighted by molar-refractivity contribution is 0.102. The Balaban J connectivity index is 1.64. The van der Waals surface area contributed by atoms with Gasteiger partial charge in [-0.15, -0.1) is 10.2 Å². The summed E-state index contributed by atoms with van der Waals surface area (Å²) in [4.78, 5) is 16.8. The second-order valence-corrected chi connectivity index (χ2v) is 6.04. The number of benzene rings is 1. The van der Waals surface area contributed by atoms with Gasteiger partial charge in [-0.1, -0.05) is 30.7 Å². The van der Waals surface area contributed by atoms with Crippen molar-refractivity contribution in [1.82, 2.24) is 15.1 Å². The van der Waals surface area contributed by atoms with Crippen LogP contribution < -0.4 is 10.2 Å². The maximum Gasteiger partial charge on any atom is 0.276 e. The van der Waals surface area contributed by atoms with Crippen LogP contribution in [0, 0.1) is 0 Å². The van der Waals surface area contributed by atoms with Crippen molar-refractivity contribution in [1.29, 1.82) is 0 Å². The van der Waals surface area contributed by atoms with Crippen molar-refractivity contribution in [3.63, 3.8) is 0 Å². The molecule has 1 amide bonds. The number of anilines is 2. The van der Waals surface area contributed by atoms with Gasteiger partial charge in [0, 0.05) is 26.2 Å². The number of rotatable bonds is 4. The summed E-state index contributed by atoms with van der Waals surface area (Å²) >= 11 is 6.04. The fourth-order valence-electron chi connectivity index (χ4n) is 2.66. The lowest BCUT2D eigenvalue weighted by Gasteiger charge is -2.34. The van der Waals surface area contributed by atoms with E-state index in [2.05, 4.69) is 32.2 Å². The highest BCUT2D eigenvalue weighted by Crippen LogP contribution is 2.21. The Morgan fingerprint density at radius 1 is 1.12 bits per heavy atom. The van der Waals surface area contributed by atoms with Crippen LogP contribution in [0.2, 0.25) is 5.02 Å². The van der Waals surface area contributed by atoms with Gasteiger partial charge in [0.25, 0.3) is 5.91 Å². The van der Waals surface area contributed by atoms with Crippen LogP contribution in [-0.4, -0.2) is 53.7 Å². The fourth-order valence-corrected chi connectivity index (χ4v) is 2.84. The minimum Gasteiger partial charge on any atom is -0.353 e. The zero-order valence-electron chi connectivity index (χ0n) is 13.6. The van der Waals surface area contributed by atoms with Gasteiger partial charge in [0.05, 0.1) is 10.7 Å². The number of carbonyl (C=O) groups is 1. The molecule has 2 heterocycles. The molecule has 0 bridgehead atoms. The molecule has 0 spiro atoms. The van der Waals surface area contributed by atoms with E-state index in [9.17, 15) is 4.79 Å². The van der Waals surface area contributed by atoms with Crippen molar-refractivity contribution in [3.05, 3.63) is 47.1 Å². The van der Waals surface area contributed by atoms with E-state index in [0.717, 1.165) is 38.5 Å². The van der Waals surface area contributed by atoms with Crippen molar-refractivity contribution in [3.8, 4) is 0 Å². The Kier molecular flexibility index (Phi) is 5.27. The zero-order valence-corrected chi connectivity index (χ0v) is 14.3. The van der Waals surface area contributed by atoms with E-state index in [1.807, 2.05) is 18.2 Å². The molecule has 0 radical (unpaired) electrons. The van der Waals surface area contributed by atoms with E-state index in [-0.39, 0.29) is 11.6 Å². The highest BCUT2D eigenvalue weighted by Gasteiger charge is 2.18. The van der Waals surface area contributed by atoms with Gasteiger partial charge in [-0.2, -0.15) is 0 Å². The van der Waals surface area contributed by atoms with Gasteiger partial charge in [-0.05, 0) is 30.8 Å². The van der Waals surface area contributed by atoms with Gasteiger partial charge in [-0.25, -0.2) is 0 Å². The van der Waals surface area contributed by atoms with Crippen LogP contribution in [0.5, 0.6) is 0 Å². The van der Waals surface area contributed by atoms with Crippen molar-refractivity contribution in [2.45, 2.75) is 6.92 Å². The monoisotopic (exact) mass is 345 g/mol.